The van der Waals surface area contributed by atoms with Gasteiger partial charge in [-0.3, -0.25) is 4.90 Å². The maximum atomic E-state index is 12.5. The number of amides is 2. The van der Waals surface area contributed by atoms with Crippen LogP contribution < -0.4 is 10.6 Å². The van der Waals surface area contributed by atoms with Crippen molar-refractivity contribution in [2.75, 3.05) is 49.7 Å². The number of thioether (sulfide) groups is 1. The Kier molecular flexibility index (Phi) is 5.33. The topological polar surface area (TPSA) is 53.6 Å². The largest absolute Gasteiger partial charge is 0.379 e. The third-order valence-corrected chi connectivity index (χ3v) is 6.58. The van der Waals surface area contributed by atoms with Gasteiger partial charge in [0.05, 0.1) is 13.2 Å². The van der Waals surface area contributed by atoms with Crippen LogP contribution in [0.4, 0.5) is 10.5 Å². The number of rotatable bonds is 4. The molecule has 0 saturated carbocycles. The van der Waals surface area contributed by atoms with Gasteiger partial charge in [0.15, 0.2) is 0 Å². The Bertz CT molecular complexity index is 770. The molecule has 2 aliphatic heterocycles. The van der Waals surface area contributed by atoms with Gasteiger partial charge in [0.2, 0.25) is 0 Å². The van der Waals surface area contributed by atoms with Crippen LogP contribution in [0.15, 0.2) is 42.5 Å². The maximum Gasteiger partial charge on any atom is 0.319 e. The smallest absolute Gasteiger partial charge is 0.319 e. The fraction of sp³-hybridized carbons (Fsp3) is 0.450. The van der Waals surface area contributed by atoms with E-state index in [4.69, 9.17) is 4.74 Å². The van der Waals surface area contributed by atoms with Crippen molar-refractivity contribution in [1.82, 2.24) is 10.2 Å². The monoisotopic (exact) mass is 371 g/mol. The van der Waals surface area contributed by atoms with Gasteiger partial charge in [0.25, 0.3) is 0 Å². The quantitative estimate of drug-likeness (QED) is 0.867. The van der Waals surface area contributed by atoms with Crippen LogP contribution in [0.25, 0.3) is 10.8 Å². The van der Waals surface area contributed by atoms with E-state index in [1.807, 2.05) is 42.1 Å². The fourth-order valence-electron chi connectivity index (χ4n) is 3.82. The molecule has 5 nitrogen and oxygen atoms in total. The molecule has 1 atom stereocenters. The molecule has 6 heteroatoms. The summed E-state index contributed by atoms with van der Waals surface area (Å²) in [6.45, 7) is 4.16. The average molecular weight is 372 g/mol. The third-order valence-electron chi connectivity index (χ3n) is 5.35. The van der Waals surface area contributed by atoms with Gasteiger partial charge in [0, 0.05) is 36.6 Å². The number of morpholine rings is 1. The number of urea groups is 1. The molecule has 2 aromatic carbocycles. The zero-order valence-corrected chi connectivity index (χ0v) is 15.7. The summed E-state index contributed by atoms with van der Waals surface area (Å²) in [7, 11) is 0. The number of nitrogens with one attached hydrogen (secondary N) is 2. The standard InChI is InChI=1S/C20H25N3O2S/c24-19(22-18-6-5-16-3-1-2-4-17(16)13-18)21-14-20(7-12-26-15-20)23-8-10-25-11-9-23/h1-6,13H,7-12,14-15H2,(H2,21,22,24). The number of carbonyl (C=O) groups is 1. The van der Waals surface area contributed by atoms with Gasteiger partial charge in [-0.05, 0) is 35.1 Å². The van der Waals surface area contributed by atoms with Crippen LogP contribution in [-0.2, 0) is 4.74 Å². The Labute approximate surface area is 158 Å². The summed E-state index contributed by atoms with van der Waals surface area (Å²) >= 11 is 1.98. The second kappa shape index (κ2) is 7.86. The summed E-state index contributed by atoms with van der Waals surface area (Å²) < 4.78 is 5.50. The highest BCUT2D eigenvalue weighted by molar-refractivity contribution is 7.99. The van der Waals surface area contributed by atoms with Crippen molar-refractivity contribution < 1.29 is 9.53 Å². The first-order chi connectivity index (χ1) is 12.8. The highest BCUT2D eigenvalue weighted by Crippen LogP contribution is 2.33. The molecular formula is C20H25N3O2S. The molecule has 0 aromatic heterocycles. The zero-order valence-electron chi connectivity index (χ0n) is 14.9. The predicted molar refractivity (Wildman–Crippen MR) is 108 cm³/mol. The molecule has 0 radical (unpaired) electrons. The normalized spacial score (nSPS) is 23.8. The summed E-state index contributed by atoms with van der Waals surface area (Å²) in [6, 6.07) is 14.0. The van der Waals surface area contributed by atoms with E-state index in [1.54, 1.807) is 0 Å². The molecule has 2 saturated heterocycles. The van der Waals surface area contributed by atoms with Gasteiger partial charge in [-0.2, -0.15) is 11.8 Å². The van der Waals surface area contributed by atoms with Gasteiger partial charge in [0.1, 0.15) is 0 Å². The molecule has 26 heavy (non-hydrogen) atoms. The lowest BCUT2D eigenvalue weighted by molar-refractivity contribution is -0.0123. The Hall–Kier alpha value is -1.76. The minimum absolute atomic E-state index is 0.0647. The molecule has 0 bridgehead atoms. The molecule has 0 spiro atoms. The first-order valence-electron chi connectivity index (χ1n) is 9.19. The summed E-state index contributed by atoms with van der Waals surface area (Å²) in [5.74, 6) is 2.23. The van der Waals surface area contributed by atoms with Crippen molar-refractivity contribution in [1.29, 1.82) is 0 Å². The Balaban J connectivity index is 1.38. The molecule has 2 aromatic rings. The first-order valence-corrected chi connectivity index (χ1v) is 10.3. The van der Waals surface area contributed by atoms with E-state index < -0.39 is 0 Å². The Morgan fingerprint density at radius 2 is 1.96 bits per heavy atom. The van der Waals surface area contributed by atoms with Gasteiger partial charge in [-0.1, -0.05) is 30.3 Å². The number of carbonyl (C=O) groups excluding carboxylic acids is 1. The van der Waals surface area contributed by atoms with Crippen molar-refractivity contribution in [2.24, 2.45) is 0 Å². The molecule has 2 heterocycles. The average Bonchev–Trinajstić information content (AvgIpc) is 3.17. The predicted octanol–water partition coefficient (Wildman–Crippen LogP) is 3.17. The van der Waals surface area contributed by atoms with Gasteiger partial charge in [-0.25, -0.2) is 4.79 Å². The van der Waals surface area contributed by atoms with Crippen molar-refractivity contribution in [2.45, 2.75) is 12.0 Å². The van der Waals surface area contributed by atoms with Crippen LogP contribution in [0.3, 0.4) is 0 Å². The number of benzene rings is 2. The van der Waals surface area contributed by atoms with E-state index in [0.29, 0.717) is 6.54 Å². The van der Waals surface area contributed by atoms with Crippen LogP contribution in [0.2, 0.25) is 0 Å². The second-order valence-electron chi connectivity index (χ2n) is 7.00. The lowest BCUT2D eigenvalue weighted by Crippen LogP contribution is -2.59. The number of ether oxygens (including phenoxy) is 1. The SMILES string of the molecule is O=C(NCC1(N2CCOCC2)CCSC1)Nc1ccc2ccccc2c1. The van der Waals surface area contributed by atoms with Crippen LogP contribution >= 0.6 is 11.8 Å². The minimum atomic E-state index is -0.134. The summed E-state index contributed by atoms with van der Waals surface area (Å²) in [5.41, 5.74) is 0.886. The first kappa shape index (κ1) is 17.6. The molecular weight excluding hydrogens is 346 g/mol. The number of anilines is 1. The third kappa shape index (κ3) is 3.82. The summed E-state index contributed by atoms with van der Waals surface area (Å²) in [6.07, 6.45) is 1.12. The molecule has 2 fully saturated rings. The van der Waals surface area contributed by atoms with Gasteiger partial charge >= 0.3 is 6.03 Å². The molecule has 1 unspecified atom stereocenters. The molecule has 138 valence electrons. The molecule has 2 amide bonds. The molecule has 2 N–H and O–H groups in total. The van der Waals surface area contributed by atoms with Crippen molar-refractivity contribution in [3.63, 3.8) is 0 Å². The highest BCUT2D eigenvalue weighted by Gasteiger charge is 2.40. The zero-order chi connectivity index (χ0) is 17.8. The number of hydrogen-bond donors (Lipinski definition) is 2. The number of hydrogen-bond acceptors (Lipinski definition) is 4. The molecule has 4 rings (SSSR count). The van der Waals surface area contributed by atoms with E-state index >= 15 is 0 Å². The van der Waals surface area contributed by atoms with E-state index in [0.717, 1.165) is 55.3 Å². The summed E-state index contributed by atoms with van der Waals surface area (Å²) in [4.78, 5) is 15.0. The van der Waals surface area contributed by atoms with Crippen LogP contribution in [0, 0.1) is 0 Å². The van der Waals surface area contributed by atoms with E-state index in [-0.39, 0.29) is 11.6 Å². The van der Waals surface area contributed by atoms with Crippen LogP contribution in [-0.4, -0.2) is 60.8 Å². The van der Waals surface area contributed by atoms with Gasteiger partial charge in [-0.15, -0.1) is 0 Å². The lowest BCUT2D eigenvalue weighted by atomic mass is 9.95. The van der Waals surface area contributed by atoms with E-state index in [9.17, 15) is 4.79 Å². The number of fused-ring (bicyclic) bond motifs is 1. The maximum absolute atomic E-state index is 12.5. The van der Waals surface area contributed by atoms with Crippen LogP contribution in [0.5, 0.6) is 0 Å². The fourth-order valence-corrected chi connectivity index (χ4v) is 5.30. The second-order valence-corrected chi connectivity index (χ2v) is 8.10. The van der Waals surface area contributed by atoms with E-state index in [1.165, 1.54) is 5.39 Å². The number of nitrogens with zero attached hydrogens (tertiary/aromatic N) is 1. The lowest BCUT2D eigenvalue weighted by Gasteiger charge is -2.43. The van der Waals surface area contributed by atoms with Crippen LogP contribution in [0.1, 0.15) is 6.42 Å². The summed E-state index contributed by atoms with van der Waals surface area (Å²) in [5, 5.41) is 8.39. The minimum Gasteiger partial charge on any atom is -0.379 e. The highest BCUT2D eigenvalue weighted by atomic mass is 32.2. The Morgan fingerprint density at radius 1 is 1.15 bits per heavy atom. The van der Waals surface area contributed by atoms with E-state index in [2.05, 4.69) is 27.7 Å². The molecule has 0 aliphatic carbocycles. The van der Waals surface area contributed by atoms with Crippen molar-refractivity contribution in [3.8, 4) is 0 Å². The molecule has 2 aliphatic rings. The van der Waals surface area contributed by atoms with Gasteiger partial charge < -0.3 is 15.4 Å². The Morgan fingerprint density at radius 3 is 2.73 bits per heavy atom. The van der Waals surface area contributed by atoms with Crippen molar-refractivity contribution >= 4 is 34.3 Å². The van der Waals surface area contributed by atoms with Crippen molar-refractivity contribution in [3.05, 3.63) is 42.5 Å².